The van der Waals surface area contributed by atoms with Gasteiger partial charge in [-0.05, 0) is 19.3 Å². The standard InChI is InChI=1S/C9H20O/c1-8(2)6-4-5-7-9(3)10/h8-10H,4-7H2,1-3H3/t9-/m1/s1. The third-order valence-corrected chi connectivity index (χ3v) is 1.65. The van der Waals surface area contributed by atoms with E-state index in [0.717, 1.165) is 12.3 Å². The van der Waals surface area contributed by atoms with E-state index in [9.17, 15) is 0 Å². The molecule has 0 amide bonds. The summed E-state index contributed by atoms with van der Waals surface area (Å²) < 4.78 is 0. The van der Waals surface area contributed by atoms with Gasteiger partial charge in [-0.25, -0.2) is 0 Å². The van der Waals surface area contributed by atoms with Gasteiger partial charge in [-0.15, -0.1) is 0 Å². The van der Waals surface area contributed by atoms with Gasteiger partial charge in [-0.3, -0.25) is 0 Å². The second kappa shape index (κ2) is 5.72. The Bertz CT molecular complexity index is 57.1. The van der Waals surface area contributed by atoms with Crippen molar-refractivity contribution < 1.29 is 5.11 Å². The SMILES string of the molecule is CC(C)CCCC[C@@H](C)O. The highest BCUT2D eigenvalue weighted by Crippen LogP contribution is 2.08. The van der Waals surface area contributed by atoms with Crippen LogP contribution in [0.4, 0.5) is 0 Å². The molecule has 0 radical (unpaired) electrons. The molecule has 0 aromatic heterocycles. The lowest BCUT2D eigenvalue weighted by Crippen LogP contribution is -1.98. The van der Waals surface area contributed by atoms with Crippen molar-refractivity contribution in [3.05, 3.63) is 0 Å². The van der Waals surface area contributed by atoms with Crippen molar-refractivity contribution >= 4 is 0 Å². The normalized spacial score (nSPS) is 14.1. The molecule has 0 saturated carbocycles. The van der Waals surface area contributed by atoms with Crippen LogP contribution in [-0.4, -0.2) is 11.2 Å². The van der Waals surface area contributed by atoms with E-state index in [1.807, 2.05) is 6.92 Å². The molecule has 0 saturated heterocycles. The summed E-state index contributed by atoms with van der Waals surface area (Å²) in [6, 6.07) is 0. The maximum Gasteiger partial charge on any atom is 0.0512 e. The van der Waals surface area contributed by atoms with Gasteiger partial charge in [0.25, 0.3) is 0 Å². The molecule has 0 aromatic rings. The van der Waals surface area contributed by atoms with E-state index in [0.29, 0.717) is 0 Å². The Kier molecular flexibility index (Phi) is 5.70. The first-order chi connectivity index (χ1) is 4.63. The van der Waals surface area contributed by atoms with Crippen LogP contribution in [0.5, 0.6) is 0 Å². The molecule has 0 aromatic carbocycles. The summed E-state index contributed by atoms with van der Waals surface area (Å²) in [5.41, 5.74) is 0. The quantitative estimate of drug-likeness (QED) is 0.588. The Morgan fingerprint density at radius 2 is 1.50 bits per heavy atom. The van der Waals surface area contributed by atoms with Crippen molar-refractivity contribution in [1.29, 1.82) is 0 Å². The molecular formula is C9H20O. The highest BCUT2D eigenvalue weighted by Gasteiger charge is 1.96. The molecule has 10 heavy (non-hydrogen) atoms. The Morgan fingerprint density at radius 1 is 1.00 bits per heavy atom. The van der Waals surface area contributed by atoms with Crippen molar-refractivity contribution in [1.82, 2.24) is 0 Å². The van der Waals surface area contributed by atoms with E-state index < -0.39 is 0 Å². The van der Waals surface area contributed by atoms with Crippen LogP contribution < -0.4 is 0 Å². The van der Waals surface area contributed by atoms with Gasteiger partial charge in [0.1, 0.15) is 0 Å². The minimum atomic E-state index is -0.104. The molecule has 0 rings (SSSR count). The predicted octanol–water partition coefficient (Wildman–Crippen LogP) is 2.58. The monoisotopic (exact) mass is 144 g/mol. The van der Waals surface area contributed by atoms with Crippen LogP contribution in [0.3, 0.4) is 0 Å². The van der Waals surface area contributed by atoms with Gasteiger partial charge < -0.3 is 5.11 Å². The van der Waals surface area contributed by atoms with E-state index in [1.165, 1.54) is 19.3 Å². The Balaban J connectivity index is 2.91. The minimum absolute atomic E-state index is 0.104. The van der Waals surface area contributed by atoms with Crippen LogP contribution in [0.15, 0.2) is 0 Å². The maximum absolute atomic E-state index is 8.92. The average molecular weight is 144 g/mol. The zero-order valence-electron chi connectivity index (χ0n) is 7.43. The van der Waals surface area contributed by atoms with Crippen molar-refractivity contribution in [3.8, 4) is 0 Å². The number of aliphatic hydroxyl groups excluding tert-OH is 1. The molecule has 0 heterocycles. The van der Waals surface area contributed by atoms with Crippen LogP contribution in [0, 0.1) is 5.92 Å². The van der Waals surface area contributed by atoms with Crippen LogP contribution in [0.2, 0.25) is 0 Å². The number of aliphatic hydroxyl groups is 1. The van der Waals surface area contributed by atoms with Crippen molar-refractivity contribution in [3.63, 3.8) is 0 Å². The molecule has 1 nitrogen and oxygen atoms in total. The van der Waals surface area contributed by atoms with Gasteiger partial charge in [0.2, 0.25) is 0 Å². The zero-order chi connectivity index (χ0) is 7.98. The molecule has 0 aliphatic heterocycles. The number of hydrogen-bond donors (Lipinski definition) is 1. The van der Waals surface area contributed by atoms with Crippen molar-refractivity contribution in [2.45, 2.75) is 52.6 Å². The fourth-order valence-electron chi connectivity index (χ4n) is 0.992. The van der Waals surface area contributed by atoms with Crippen LogP contribution in [-0.2, 0) is 0 Å². The molecule has 62 valence electrons. The third-order valence-electron chi connectivity index (χ3n) is 1.65. The van der Waals surface area contributed by atoms with E-state index in [2.05, 4.69) is 13.8 Å². The topological polar surface area (TPSA) is 20.2 Å². The van der Waals surface area contributed by atoms with Crippen LogP contribution >= 0.6 is 0 Å². The lowest BCUT2D eigenvalue weighted by Gasteiger charge is -2.05. The summed E-state index contributed by atoms with van der Waals surface area (Å²) in [4.78, 5) is 0. The average Bonchev–Trinajstić information content (AvgIpc) is 1.79. The van der Waals surface area contributed by atoms with Crippen LogP contribution in [0.25, 0.3) is 0 Å². The second-order valence-electron chi connectivity index (χ2n) is 3.53. The molecule has 0 spiro atoms. The predicted molar refractivity (Wildman–Crippen MR) is 45.0 cm³/mol. The summed E-state index contributed by atoms with van der Waals surface area (Å²) in [5.74, 6) is 0.814. The summed E-state index contributed by atoms with van der Waals surface area (Å²) in [6.45, 7) is 6.33. The maximum atomic E-state index is 8.92. The Labute approximate surface area is 64.5 Å². The lowest BCUT2D eigenvalue weighted by molar-refractivity contribution is 0.180. The number of rotatable bonds is 5. The van der Waals surface area contributed by atoms with E-state index >= 15 is 0 Å². The molecule has 0 bridgehead atoms. The highest BCUT2D eigenvalue weighted by atomic mass is 16.3. The van der Waals surface area contributed by atoms with Gasteiger partial charge in [-0.1, -0.05) is 33.1 Å². The minimum Gasteiger partial charge on any atom is -0.393 e. The van der Waals surface area contributed by atoms with E-state index in [-0.39, 0.29) is 6.10 Å². The van der Waals surface area contributed by atoms with Crippen LogP contribution in [0.1, 0.15) is 46.5 Å². The molecule has 0 unspecified atom stereocenters. The van der Waals surface area contributed by atoms with Gasteiger partial charge in [0.05, 0.1) is 6.10 Å². The first-order valence-electron chi connectivity index (χ1n) is 4.31. The molecule has 1 heteroatoms. The van der Waals surface area contributed by atoms with E-state index in [1.54, 1.807) is 0 Å². The van der Waals surface area contributed by atoms with Gasteiger partial charge in [0.15, 0.2) is 0 Å². The summed E-state index contributed by atoms with van der Waals surface area (Å²) in [7, 11) is 0. The first-order valence-corrected chi connectivity index (χ1v) is 4.31. The number of hydrogen-bond acceptors (Lipinski definition) is 1. The number of unbranched alkanes of at least 4 members (excludes halogenated alkanes) is 1. The summed E-state index contributed by atoms with van der Waals surface area (Å²) >= 11 is 0. The zero-order valence-corrected chi connectivity index (χ0v) is 7.43. The second-order valence-corrected chi connectivity index (χ2v) is 3.53. The molecular weight excluding hydrogens is 124 g/mol. The fraction of sp³-hybridized carbons (Fsp3) is 1.00. The Hall–Kier alpha value is -0.0400. The molecule has 0 aliphatic carbocycles. The first kappa shape index (κ1) is 9.96. The molecule has 1 N–H and O–H groups in total. The van der Waals surface area contributed by atoms with Crippen molar-refractivity contribution in [2.75, 3.05) is 0 Å². The van der Waals surface area contributed by atoms with Gasteiger partial charge >= 0.3 is 0 Å². The Morgan fingerprint density at radius 3 is 1.90 bits per heavy atom. The van der Waals surface area contributed by atoms with Crippen molar-refractivity contribution in [2.24, 2.45) is 5.92 Å². The highest BCUT2D eigenvalue weighted by molar-refractivity contribution is 4.50. The molecule has 1 atom stereocenters. The fourth-order valence-corrected chi connectivity index (χ4v) is 0.992. The van der Waals surface area contributed by atoms with Gasteiger partial charge in [-0.2, -0.15) is 0 Å². The summed E-state index contributed by atoms with van der Waals surface area (Å²) in [6.07, 6.45) is 4.60. The lowest BCUT2D eigenvalue weighted by atomic mass is 10.0. The molecule has 0 aliphatic rings. The van der Waals surface area contributed by atoms with Gasteiger partial charge in [0, 0.05) is 0 Å². The largest absolute Gasteiger partial charge is 0.393 e. The molecule has 0 fully saturated rings. The van der Waals surface area contributed by atoms with E-state index in [4.69, 9.17) is 5.11 Å². The smallest absolute Gasteiger partial charge is 0.0512 e. The third kappa shape index (κ3) is 7.96. The summed E-state index contributed by atoms with van der Waals surface area (Å²) in [5, 5.41) is 8.92.